The Hall–Kier alpha value is -2.05. The summed E-state index contributed by atoms with van der Waals surface area (Å²) in [5.41, 5.74) is 2.32. The van der Waals surface area contributed by atoms with Crippen LogP contribution in [0.25, 0.3) is 0 Å². The maximum Gasteiger partial charge on any atom is 0.163 e. The number of nitrogens with one attached hydrogen (secondary N) is 1. The van der Waals surface area contributed by atoms with Gasteiger partial charge < -0.3 is 4.74 Å². The number of ether oxygens (including phenoxy) is 1. The first kappa shape index (κ1) is 14.4. The van der Waals surface area contributed by atoms with Gasteiger partial charge in [0.25, 0.3) is 0 Å². The van der Waals surface area contributed by atoms with Crippen molar-refractivity contribution in [2.75, 3.05) is 7.11 Å². The minimum absolute atomic E-state index is 0.0726. The molecular formula is C14H13F3N2O. The van der Waals surface area contributed by atoms with Crippen molar-refractivity contribution >= 4 is 0 Å². The lowest BCUT2D eigenvalue weighted by molar-refractivity contribution is 0.409. The molecule has 20 heavy (non-hydrogen) atoms. The highest BCUT2D eigenvalue weighted by molar-refractivity contribution is 5.37. The van der Waals surface area contributed by atoms with E-state index < -0.39 is 23.5 Å². The van der Waals surface area contributed by atoms with E-state index in [1.165, 1.54) is 31.4 Å². The summed E-state index contributed by atoms with van der Waals surface area (Å²) in [5, 5.41) is 0. The smallest absolute Gasteiger partial charge is 0.163 e. The molecule has 2 rings (SSSR count). The van der Waals surface area contributed by atoms with Gasteiger partial charge in [-0.15, -0.1) is 0 Å². The van der Waals surface area contributed by atoms with Gasteiger partial charge in [-0.05, 0) is 12.1 Å². The van der Waals surface area contributed by atoms with Crippen molar-refractivity contribution < 1.29 is 17.9 Å². The molecule has 0 aliphatic rings. The van der Waals surface area contributed by atoms with Crippen LogP contribution in [0.3, 0.4) is 0 Å². The van der Waals surface area contributed by atoms with Crippen molar-refractivity contribution in [1.29, 1.82) is 0 Å². The predicted molar refractivity (Wildman–Crippen MR) is 68.5 cm³/mol. The van der Waals surface area contributed by atoms with Crippen LogP contribution in [0, 0.1) is 17.5 Å². The maximum atomic E-state index is 14.0. The third kappa shape index (κ3) is 2.61. The normalized spacial score (nSPS) is 12.2. The summed E-state index contributed by atoms with van der Waals surface area (Å²) in [7, 11) is 1.40. The van der Waals surface area contributed by atoms with E-state index in [-0.39, 0.29) is 11.1 Å². The topological polar surface area (TPSA) is 47.3 Å². The third-order valence-electron chi connectivity index (χ3n) is 2.98. The van der Waals surface area contributed by atoms with Gasteiger partial charge in [0.15, 0.2) is 11.6 Å². The first-order chi connectivity index (χ1) is 9.58. The van der Waals surface area contributed by atoms with E-state index in [0.717, 1.165) is 12.1 Å². The number of hydrazine groups is 1. The molecule has 3 N–H and O–H groups in total. The van der Waals surface area contributed by atoms with Gasteiger partial charge in [-0.1, -0.05) is 18.2 Å². The van der Waals surface area contributed by atoms with Crippen LogP contribution >= 0.6 is 0 Å². The van der Waals surface area contributed by atoms with E-state index in [2.05, 4.69) is 5.43 Å². The number of methoxy groups -OCH3 is 1. The van der Waals surface area contributed by atoms with Crippen molar-refractivity contribution in [2.24, 2.45) is 5.84 Å². The minimum Gasteiger partial charge on any atom is -0.497 e. The van der Waals surface area contributed by atoms with Crippen LogP contribution in [-0.2, 0) is 0 Å². The van der Waals surface area contributed by atoms with Crippen LogP contribution in [0.2, 0.25) is 0 Å². The Kier molecular flexibility index (Phi) is 4.26. The fourth-order valence-corrected chi connectivity index (χ4v) is 1.96. The molecule has 0 fully saturated rings. The van der Waals surface area contributed by atoms with Crippen molar-refractivity contribution in [3.8, 4) is 5.75 Å². The lowest BCUT2D eigenvalue weighted by Crippen LogP contribution is -2.30. The van der Waals surface area contributed by atoms with Crippen molar-refractivity contribution in [3.63, 3.8) is 0 Å². The predicted octanol–water partition coefficient (Wildman–Crippen LogP) is 2.67. The molecule has 0 spiro atoms. The summed E-state index contributed by atoms with van der Waals surface area (Å²) in [6, 6.07) is 6.72. The third-order valence-corrected chi connectivity index (χ3v) is 2.98. The number of hydrogen-bond acceptors (Lipinski definition) is 3. The molecule has 1 unspecified atom stereocenters. The Balaban J connectivity index is 2.50. The van der Waals surface area contributed by atoms with Gasteiger partial charge >= 0.3 is 0 Å². The Bertz CT molecular complexity index is 619. The summed E-state index contributed by atoms with van der Waals surface area (Å²) in [6.45, 7) is 0. The highest BCUT2D eigenvalue weighted by atomic mass is 19.2. The molecule has 0 heterocycles. The molecule has 106 valence electrons. The van der Waals surface area contributed by atoms with E-state index >= 15 is 0 Å². The second-order valence-electron chi connectivity index (χ2n) is 4.13. The van der Waals surface area contributed by atoms with Gasteiger partial charge in [-0.3, -0.25) is 5.84 Å². The number of hydrogen-bond donors (Lipinski definition) is 2. The van der Waals surface area contributed by atoms with Crippen molar-refractivity contribution in [2.45, 2.75) is 6.04 Å². The summed E-state index contributed by atoms with van der Waals surface area (Å²) in [4.78, 5) is 0. The second kappa shape index (κ2) is 5.94. The zero-order chi connectivity index (χ0) is 14.7. The molecule has 0 bridgehead atoms. The number of halogens is 3. The van der Waals surface area contributed by atoms with E-state index in [9.17, 15) is 13.2 Å². The summed E-state index contributed by atoms with van der Waals surface area (Å²) in [5.74, 6) is 2.97. The molecule has 3 nitrogen and oxygen atoms in total. The summed E-state index contributed by atoms with van der Waals surface area (Å²) < 4.78 is 45.9. The Morgan fingerprint density at radius 3 is 2.40 bits per heavy atom. The van der Waals surface area contributed by atoms with Crippen LogP contribution in [0.5, 0.6) is 5.75 Å². The SMILES string of the molecule is COc1ccc(C(NN)c2cccc(F)c2F)c(F)c1. The molecule has 0 saturated heterocycles. The monoisotopic (exact) mass is 282 g/mol. The highest BCUT2D eigenvalue weighted by Gasteiger charge is 2.22. The summed E-state index contributed by atoms with van der Waals surface area (Å²) >= 11 is 0. The summed E-state index contributed by atoms with van der Waals surface area (Å²) in [6.07, 6.45) is 0. The van der Waals surface area contributed by atoms with Crippen LogP contribution in [-0.4, -0.2) is 7.11 Å². The van der Waals surface area contributed by atoms with Gasteiger partial charge in [0, 0.05) is 17.2 Å². The zero-order valence-corrected chi connectivity index (χ0v) is 10.7. The Morgan fingerprint density at radius 1 is 1.05 bits per heavy atom. The molecule has 0 saturated carbocycles. The molecule has 6 heteroatoms. The average Bonchev–Trinajstić information content (AvgIpc) is 2.45. The van der Waals surface area contributed by atoms with E-state index in [4.69, 9.17) is 10.6 Å². The minimum atomic E-state index is -1.06. The molecule has 2 aromatic carbocycles. The van der Waals surface area contributed by atoms with Gasteiger partial charge in [-0.25, -0.2) is 18.6 Å². The Labute approximate surface area is 114 Å². The van der Waals surface area contributed by atoms with Crippen LogP contribution in [0.1, 0.15) is 17.2 Å². The zero-order valence-electron chi connectivity index (χ0n) is 10.7. The maximum absolute atomic E-state index is 14.0. The molecule has 1 atom stereocenters. The van der Waals surface area contributed by atoms with E-state index in [1.807, 2.05) is 0 Å². The highest BCUT2D eigenvalue weighted by Crippen LogP contribution is 2.28. The molecule has 2 aromatic rings. The lowest BCUT2D eigenvalue weighted by Gasteiger charge is -2.18. The fourth-order valence-electron chi connectivity index (χ4n) is 1.96. The van der Waals surface area contributed by atoms with Gasteiger partial charge in [-0.2, -0.15) is 0 Å². The number of rotatable bonds is 4. The lowest BCUT2D eigenvalue weighted by atomic mass is 9.98. The first-order valence-electron chi connectivity index (χ1n) is 5.82. The van der Waals surface area contributed by atoms with E-state index in [0.29, 0.717) is 5.75 Å². The standard InChI is InChI=1S/C14H13F3N2O/c1-20-8-5-6-9(12(16)7-8)14(19-18)10-3-2-4-11(15)13(10)17/h2-7,14,19H,18H2,1H3. The van der Waals surface area contributed by atoms with Gasteiger partial charge in [0.05, 0.1) is 13.2 Å². The van der Waals surface area contributed by atoms with E-state index in [1.54, 1.807) is 0 Å². The average molecular weight is 282 g/mol. The quantitative estimate of drug-likeness (QED) is 0.669. The largest absolute Gasteiger partial charge is 0.497 e. The van der Waals surface area contributed by atoms with Crippen LogP contribution in [0.15, 0.2) is 36.4 Å². The van der Waals surface area contributed by atoms with Gasteiger partial charge in [0.2, 0.25) is 0 Å². The first-order valence-corrected chi connectivity index (χ1v) is 5.82. The molecule has 0 aromatic heterocycles. The van der Waals surface area contributed by atoms with Crippen molar-refractivity contribution in [1.82, 2.24) is 5.43 Å². The molecular weight excluding hydrogens is 269 g/mol. The molecule has 0 amide bonds. The fraction of sp³-hybridized carbons (Fsp3) is 0.143. The number of benzene rings is 2. The second-order valence-corrected chi connectivity index (χ2v) is 4.13. The Morgan fingerprint density at radius 2 is 1.80 bits per heavy atom. The number of nitrogens with two attached hydrogens (primary N) is 1. The van der Waals surface area contributed by atoms with Crippen molar-refractivity contribution in [3.05, 3.63) is 65.0 Å². The van der Waals surface area contributed by atoms with Crippen LogP contribution in [0.4, 0.5) is 13.2 Å². The molecule has 0 aliphatic carbocycles. The van der Waals surface area contributed by atoms with Gasteiger partial charge in [0.1, 0.15) is 11.6 Å². The van der Waals surface area contributed by atoms with Crippen LogP contribution < -0.4 is 16.0 Å². The molecule has 0 radical (unpaired) electrons. The molecule has 0 aliphatic heterocycles.